The Bertz CT molecular complexity index is 860. The van der Waals surface area contributed by atoms with Crippen molar-refractivity contribution in [2.45, 2.75) is 211 Å². The van der Waals surface area contributed by atoms with E-state index in [0.29, 0.717) is 50.5 Å². The van der Waals surface area contributed by atoms with Gasteiger partial charge in [-0.15, -0.1) is 0 Å². The molecular formula is C37H68O10. The lowest BCUT2D eigenvalue weighted by Gasteiger charge is -2.22. The molecule has 10 heteroatoms. The minimum absolute atomic E-state index is 0.180. The van der Waals surface area contributed by atoms with Gasteiger partial charge in [-0.05, 0) is 57.4 Å². The molecule has 1 aliphatic heterocycles. The Hall–Kier alpha value is -1.56. The Balaban J connectivity index is 2.10. The van der Waals surface area contributed by atoms with Crippen molar-refractivity contribution in [3.05, 3.63) is 11.6 Å². The summed E-state index contributed by atoms with van der Waals surface area (Å²) < 4.78 is 10.2. The van der Waals surface area contributed by atoms with Gasteiger partial charge in [0.2, 0.25) is 5.79 Å². The van der Waals surface area contributed by atoms with Crippen LogP contribution in [-0.2, 0) is 19.1 Å². The van der Waals surface area contributed by atoms with Crippen LogP contribution in [0.15, 0.2) is 11.6 Å². The second-order valence-corrected chi connectivity index (χ2v) is 13.9. The number of cyclic esters (lactones) is 1. The fourth-order valence-electron chi connectivity index (χ4n) is 6.25. The van der Waals surface area contributed by atoms with E-state index in [2.05, 4.69) is 6.92 Å². The molecule has 276 valence electrons. The summed E-state index contributed by atoms with van der Waals surface area (Å²) in [6, 6.07) is 0. The van der Waals surface area contributed by atoms with Gasteiger partial charge in [0.25, 0.3) is 0 Å². The van der Waals surface area contributed by atoms with E-state index in [1.807, 2.05) is 0 Å². The van der Waals surface area contributed by atoms with Crippen molar-refractivity contribution in [3.63, 3.8) is 0 Å². The van der Waals surface area contributed by atoms with Crippen LogP contribution in [0.3, 0.4) is 0 Å². The third kappa shape index (κ3) is 21.9. The monoisotopic (exact) mass is 672 g/mol. The Morgan fingerprint density at radius 1 is 0.681 bits per heavy atom. The molecule has 0 amide bonds. The summed E-state index contributed by atoms with van der Waals surface area (Å²) in [5.41, 5.74) is 0.292. The minimum Gasteiger partial charge on any atom is -0.462 e. The van der Waals surface area contributed by atoms with Gasteiger partial charge in [-0.3, -0.25) is 4.79 Å². The summed E-state index contributed by atoms with van der Waals surface area (Å²) in [6.07, 6.45) is 16.1. The zero-order chi connectivity index (χ0) is 35.1. The maximum atomic E-state index is 11.9. The highest BCUT2D eigenvalue weighted by Crippen LogP contribution is 2.27. The zero-order valence-electron chi connectivity index (χ0n) is 29.6. The van der Waals surface area contributed by atoms with Crippen LogP contribution < -0.4 is 0 Å². The smallest absolute Gasteiger partial charge is 0.336 e. The lowest BCUT2D eigenvalue weighted by molar-refractivity contribution is -0.173. The Kier molecular flexibility index (Phi) is 23.5. The lowest BCUT2D eigenvalue weighted by Crippen LogP contribution is -2.31. The van der Waals surface area contributed by atoms with Gasteiger partial charge in [0.05, 0.1) is 30.5 Å². The number of aliphatic hydroxyl groups excluding tert-OH is 5. The molecule has 1 rings (SSSR count). The molecule has 0 spiro atoms. The largest absolute Gasteiger partial charge is 0.462 e. The van der Waals surface area contributed by atoms with E-state index >= 15 is 0 Å². The van der Waals surface area contributed by atoms with E-state index < -0.39 is 54.3 Å². The van der Waals surface area contributed by atoms with Gasteiger partial charge >= 0.3 is 11.9 Å². The lowest BCUT2D eigenvalue weighted by atomic mass is 9.96. The summed E-state index contributed by atoms with van der Waals surface area (Å²) in [6.45, 7) is 4.91. The number of aliphatic hydroxyl groups is 6. The van der Waals surface area contributed by atoms with Gasteiger partial charge in [-0.1, -0.05) is 96.8 Å². The first kappa shape index (κ1) is 43.5. The van der Waals surface area contributed by atoms with E-state index in [9.17, 15) is 40.2 Å². The van der Waals surface area contributed by atoms with E-state index in [0.717, 1.165) is 38.5 Å². The van der Waals surface area contributed by atoms with Crippen molar-refractivity contribution < 1.29 is 49.7 Å². The highest BCUT2D eigenvalue weighted by molar-refractivity contribution is 5.91. The number of hydrogen-bond acceptors (Lipinski definition) is 10. The van der Waals surface area contributed by atoms with Gasteiger partial charge in [0.15, 0.2) is 0 Å². The van der Waals surface area contributed by atoms with Gasteiger partial charge < -0.3 is 40.1 Å². The molecule has 0 aliphatic carbocycles. The summed E-state index contributed by atoms with van der Waals surface area (Å²) in [4.78, 5) is 23.4. The Labute approximate surface area is 283 Å². The molecule has 0 bridgehead atoms. The molecule has 0 fully saturated rings. The van der Waals surface area contributed by atoms with Gasteiger partial charge in [-0.25, -0.2) is 4.79 Å². The first-order valence-electron chi connectivity index (χ1n) is 18.6. The standard InChI is InChI=1S/C37H68O10/c1-4-5-6-7-8-9-10-11-12-16-22-32(40)34(42)24-25-35(43)33(41)23-18-17-20-30(39)19-14-13-15-21-31(46-28(2)38)26-29-27-37(3,45)47-36(29)44/h27,30-35,39-43,45H,4-26H2,1-3H3/t30-,31-,32-,33-,34-,35-,37+/m1/s1. The van der Waals surface area contributed by atoms with Crippen LogP contribution in [0, 0.1) is 0 Å². The van der Waals surface area contributed by atoms with E-state index in [-0.39, 0.29) is 19.3 Å². The maximum absolute atomic E-state index is 11.9. The van der Waals surface area contributed by atoms with Crippen molar-refractivity contribution in [1.82, 2.24) is 0 Å². The molecule has 0 aromatic carbocycles. The molecule has 1 aliphatic rings. The number of carbonyl (C=O) groups excluding carboxylic acids is 2. The topological polar surface area (TPSA) is 174 Å². The fraction of sp³-hybridized carbons (Fsp3) is 0.892. The molecule has 1 heterocycles. The molecule has 7 atom stereocenters. The first-order chi connectivity index (χ1) is 22.3. The number of ether oxygens (including phenoxy) is 2. The molecule has 0 unspecified atom stereocenters. The van der Waals surface area contributed by atoms with Crippen molar-refractivity contribution >= 4 is 11.9 Å². The zero-order valence-corrected chi connectivity index (χ0v) is 29.6. The third-order valence-electron chi connectivity index (χ3n) is 9.13. The molecular weight excluding hydrogens is 604 g/mol. The van der Waals surface area contributed by atoms with Crippen molar-refractivity contribution in [3.8, 4) is 0 Å². The average Bonchev–Trinajstić information content (AvgIpc) is 3.27. The van der Waals surface area contributed by atoms with Crippen LogP contribution >= 0.6 is 0 Å². The van der Waals surface area contributed by atoms with Crippen LogP contribution in [0.25, 0.3) is 0 Å². The van der Waals surface area contributed by atoms with Gasteiger partial charge in [0, 0.05) is 25.8 Å². The minimum atomic E-state index is -1.64. The van der Waals surface area contributed by atoms with Crippen molar-refractivity contribution in [1.29, 1.82) is 0 Å². The Morgan fingerprint density at radius 3 is 1.57 bits per heavy atom. The normalized spacial score (nSPS) is 20.3. The predicted molar refractivity (Wildman–Crippen MR) is 182 cm³/mol. The number of esters is 2. The molecule has 0 radical (unpaired) electrons. The van der Waals surface area contributed by atoms with Crippen LogP contribution in [0.1, 0.15) is 168 Å². The average molecular weight is 673 g/mol. The molecule has 0 aromatic heterocycles. The highest BCUT2D eigenvalue weighted by atomic mass is 16.7. The summed E-state index contributed by atoms with van der Waals surface area (Å²) >= 11 is 0. The molecule has 0 saturated carbocycles. The maximum Gasteiger partial charge on any atom is 0.336 e. The summed E-state index contributed by atoms with van der Waals surface area (Å²) in [5, 5.41) is 61.5. The second kappa shape index (κ2) is 25.4. The highest BCUT2D eigenvalue weighted by Gasteiger charge is 2.35. The number of hydrogen-bond donors (Lipinski definition) is 6. The van der Waals surface area contributed by atoms with Crippen LogP contribution in [0.2, 0.25) is 0 Å². The second-order valence-electron chi connectivity index (χ2n) is 13.9. The van der Waals surface area contributed by atoms with E-state index in [1.165, 1.54) is 64.9 Å². The van der Waals surface area contributed by atoms with Gasteiger partial charge in [-0.2, -0.15) is 0 Å². The summed E-state index contributed by atoms with van der Waals surface area (Å²) in [5.74, 6) is -2.69. The molecule has 6 N–H and O–H groups in total. The summed E-state index contributed by atoms with van der Waals surface area (Å²) in [7, 11) is 0. The predicted octanol–water partition coefficient (Wildman–Crippen LogP) is 5.91. The molecule has 0 aromatic rings. The van der Waals surface area contributed by atoms with Gasteiger partial charge in [0.1, 0.15) is 6.10 Å². The quantitative estimate of drug-likeness (QED) is 0.0398. The number of rotatable bonds is 30. The van der Waals surface area contributed by atoms with E-state index in [1.54, 1.807) is 0 Å². The first-order valence-corrected chi connectivity index (χ1v) is 18.6. The SMILES string of the molecule is CCCCCCCCCCCC[C@@H](O)[C@H](O)CC[C@@H](O)[C@H](O)CCCC[C@H](O)CCCCC[C@H](CC1=C[C@@](C)(O)OC1=O)OC(C)=O. The molecule has 0 saturated heterocycles. The molecule has 47 heavy (non-hydrogen) atoms. The van der Waals surface area contributed by atoms with Crippen LogP contribution in [-0.4, -0.2) is 85.0 Å². The Morgan fingerprint density at radius 2 is 1.09 bits per heavy atom. The number of carbonyl (C=O) groups is 2. The van der Waals surface area contributed by atoms with Crippen molar-refractivity contribution in [2.75, 3.05) is 0 Å². The van der Waals surface area contributed by atoms with Crippen molar-refractivity contribution in [2.24, 2.45) is 0 Å². The fourth-order valence-corrected chi connectivity index (χ4v) is 6.25. The third-order valence-corrected chi connectivity index (χ3v) is 9.13. The van der Waals surface area contributed by atoms with E-state index in [4.69, 9.17) is 9.47 Å². The van der Waals surface area contributed by atoms with Crippen LogP contribution in [0.5, 0.6) is 0 Å². The van der Waals surface area contributed by atoms with Crippen LogP contribution in [0.4, 0.5) is 0 Å². The number of unbranched alkanes of at least 4 members (excludes halogenated alkanes) is 12. The molecule has 10 nitrogen and oxygen atoms in total.